The van der Waals surface area contributed by atoms with Crippen LogP contribution in [-0.4, -0.2) is 17.7 Å². The minimum absolute atomic E-state index is 0.114. The van der Waals surface area contributed by atoms with Crippen LogP contribution in [0.3, 0.4) is 0 Å². The topological polar surface area (TPSA) is 99.9 Å². The Morgan fingerprint density at radius 2 is 1.75 bits per heavy atom. The predicted octanol–water partition coefficient (Wildman–Crippen LogP) is 5.11. The van der Waals surface area contributed by atoms with E-state index in [1.165, 1.54) is 0 Å². The van der Waals surface area contributed by atoms with Crippen molar-refractivity contribution in [3.8, 4) is 17.2 Å². The van der Waals surface area contributed by atoms with Crippen LogP contribution in [0, 0.1) is 0 Å². The molecular weight excluding hydrogens is 360 g/mol. The number of nitrogens with two attached hydrogens (primary N) is 1. The average Bonchev–Trinajstić information content (AvgIpc) is 2.58. The number of carbonyl (C=O) groups excluding carboxylic acids is 2. The summed E-state index contributed by atoms with van der Waals surface area (Å²) in [6.45, 7) is 7.15. The monoisotopic (exact) mass is 386 g/mol. The van der Waals surface area contributed by atoms with E-state index in [9.17, 15) is 9.59 Å². The van der Waals surface area contributed by atoms with Gasteiger partial charge in [0, 0.05) is 12.1 Å². The summed E-state index contributed by atoms with van der Waals surface area (Å²) in [4.78, 5) is 24.3. The molecule has 0 radical (unpaired) electrons. The van der Waals surface area contributed by atoms with Gasteiger partial charge in [-0.1, -0.05) is 13.0 Å². The van der Waals surface area contributed by atoms with Crippen molar-refractivity contribution in [1.29, 1.82) is 0 Å². The van der Waals surface area contributed by atoms with E-state index in [2.05, 4.69) is 5.32 Å². The Morgan fingerprint density at radius 3 is 2.36 bits per heavy atom. The highest BCUT2D eigenvalue weighted by molar-refractivity contribution is 5.89. The third-order valence-corrected chi connectivity index (χ3v) is 3.39. The molecule has 0 aromatic heterocycles. The fourth-order valence-electron chi connectivity index (χ4n) is 2.25. The molecule has 2 aromatic rings. The van der Waals surface area contributed by atoms with Gasteiger partial charge < -0.3 is 19.9 Å². The first-order valence-electron chi connectivity index (χ1n) is 9.05. The fraction of sp³-hybridized carbons (Fsp3) is 0.333. The van der Waals surface area contributed by atoms with Gasteiger partial charge in [-0.15, -0.1) is 0 Å². The van der Waals surface area contributed by atoms with Crippen molar-refractivity contribution in [1.82, 2.24) is 0 Å². The van der Waals surface area contributed by atoms with Gasteiger partial charge in [0.2, 0.25) is 0 Å². The minimum Gasteiger partial charge on any atom is -0.453 e. The lowest BCUT2D eigenvalue weighted by Gasteiger charge is -2.21. The first-order valence-corrected chi connectivity index (χ1v) is 9.05. The van der Waals surface area contributed by atoms with Gasteiger partial charge >= 0.3 is 12.1 Å². The van der Waals surface area contributed by atoms with E-state index in [4.69, 9.17) is 19.9 Å². The van der Waals surface area contributed by atoms with Crippen molar-refractivity contribution in [2.45, 2.75) is 46.1 Å². The lowest BCUT2D eigenvalue weighted by atomic mass is 10.2. The van der Waals surface area contributed by atoms with Crippen LogP contribution in [-0.2, 0) is 9.53 Å². The van der Waals surface area contributed by atoms with E-state index >= 15 is 0 Å². The Labute approximate surface area is 164 Å². The van der Waals surface area contributed by atoms with Gasteiger partial charge in [-0.2, -0.15) is 0 Å². The molecule has 1 amide bonds. The van der Waals surface area contributed by atoms with Gasteiger partial charge in [0.25, 0.3) is 0 Å². The fourth-order valence-corrected chi connectivity index (χ4v) is 2.25. The number of ether oxygens (including phenoxy) is 3. The van der Waals surface area contributed by atoms with E-state index in [1.54, 1.807) is 63.2 Å². The van der Waals surface area contributed by atoms with E-state index in [0.29, 0.717) is 17.9 Å². The molecule has 3 N–H and O–H groups in total. The number of carbonyl (C=O) groups is 2. The van der Waals surface area contributed by atoms with Crippen molar-refractivity contribution in [2.75, 3.05) is 11.1 Å². The smallest absolute Gasteiger partial charge is 0.412 e. The van der Waals surface area contributed by atoms with E-state index in [1.807, 2.05) is 6.92 Å². The van der Waals surface area contributed by atoms with Crippen LogP contribution in [0.1, 0.15) is 40.5 Å². The molecule has 0 saturated carbocycles. The van der Waals surface area contributed by atoms with Crippen LogP contribution >= 0.6 is 0 Å². The number of anilines is 2. The average molecular weight is 386 g/mol. The number of rotatable bonds is 6. The normalized spacial score (nSPS) is 10.9. The van der Waals surface area contributed by atoms with Gasteiger partial charge in [-0.25, -0.2) is 4.79 Å². The summed E-state index contributed by atoms with van der Waals surface area (Å²) in [5.74, 6) is 0.478. The highest BCUT2D eigenvalue weighted by atomic mass is 16.6. The summed E-state index contributed by atoms with van der Waals surface area (Å²) in [6.07, 6.45) is 0.210. The Morgan fingerprint density at radius 1 is 1.07 bits per heavy atom. The molecule has 7 heteroatoms. The van der Waals surface area contributed by atoms with Crippen LogP contribution in [0.25, 0.3) is 0 Å². The molecular formula is C21H26N2O5. The number of amides is 1. The number of hydrogen-bond donors (Lipinski definition) is 2. The predicted molar refractivity (Wildman–Crippen MR) is 108 cm³/mol. The zero-order valence-corrected chi connectivity index (χ0v) is 16.6. The second-order valence-electron chi connectivity index (χ2n) is 7.15. The van der Waals surface area contributed by atoms with E-state index in [-0.39, 0.29) is 23.6 Å². The minimum atomic E-state index is -0.665. The van der Waals surface area contributed by atoms with E-state index < -0.39 is 17.7 Å². The molecule has 0 fully saturated rings. The molecule has 0 saturated heterocycles. The van der Waals surface area contributed by atoms with Gasteiger partial charge in [-0.05, 0) is 63.6 Å². The number of nitrogens with one attached hydrogen (secondary N) is 1. The van der Waals surface area contributed by atoms with Crippen LogP contribution in [0.4, 0.5) is 16.2 Å². The first kappa shape index (κ1) is 21.1. The van der Waals surface area contributed by atoms with Crippen molar-refractivity contribution in [3.63, 3.8) is 0 Å². The molecule has 0 aliphatic heterocycles. The van der Waals surface area contributed by atoms with Gasteiger partial charge in [0.05, 0.1) is 5.69 Å². The maximum absolute atomic E-state index is 12.2. The number of hydrogen-bond acceptors (Lipinski definition) is 6. The molecule has 0 heterocycles. The summed E-state index contributed by atoms with van der Waals surface area (Å²) < 4.78 is 16.6. The molecule has 0 aliphatic rings. The quantitative estimate of drug-likeness (QED) is 0.406. The number of nitrogen functional groups attached to an aromatic ring is 1. The number of esters is 1. The summed E-state index contributed by atoms with van der Waals surface area (Å²) in [6, 6.07) is 11.7. The maximum Gasteiger partial charge on any atom is 0.412 e. The zero-order chi connectivity index (χ0) is 20.7. The molecule has 0 bridgehead atoms. The lowest BCUT2D eigenvalue weighted by Crippen LogP contribution is -2.27. The van der Waals surface area contributed by atoms with Crippen LogP contribution in [0.15, 0.2) is 42.5 Å². The molecule has 0 aliphatic carbocycles. The molecule has 0 spiro atoms. The van der Waals surface area contributed by atoms with Gasteiger partial charge in [0.1, 0.15) is 11.4 Å². The molecule has 7 nitrogen and oxygen atoms in total. The molecule has 0 atom stereocenters. The lowest BCUT2D eigenvalue weighted by molar-refractivity contribution is -0.134. The largest absolute Gasteiger partial charge is 0.453 e. The van der Waals surface area contributed by atoms with Gasteiger partial charge in [0.15, 0.2) is 11.5 Å². The molecule has 2 aromatic carbocycles. The van der Waals surface area contributed by atoms with Crippen molar-refractivity contribution >= 4 is 23.4 Å². The van der Waals surface area contributed by atoms with Crippen LogP contribution < -0.4 is 20.5 Å². The SMILES string of the molecule is CCCC(=O)Oc1c(NC(=O)OC(C)(C)C)cccc1Oc1ccc(N)cc1. The maximum atomic E-state index is 12.2. The van der Waals surface area contributed by atoms with Crippen molar-refractivity contribution in [2.24, 2.45) is 0 Å². The van der Waals surface area contributed by atoms with Crippen molar-refractivity contribution in [3.05, 3.63) is 42.5 Å². The molecule has 2 rings (SSSR count). The standard InChI is InChI=1S/C21H26N2O5/c1-5-7-18(24)27-19-16(23-20(25)28-21(2,3)4)8-6-9-17(19)26-15-12-10-14(22)11-13-15/h6,8-13H,5,7,22H2,1-4H3,(H,23,25). The summed E-state index contributed by atoms with van der Waals surface area (Å²) in [5, 5.41) is 2.61. The van der Waals surface area contributed by atoms with E-state index in [0.717, 1.165) is 0 Å². The van der Waals surface area contributed by atoms with Crippen LogP contribution in [0.5, 0.6) is 17.2 Å². The Kier molecular flexibility index (Phi) is 6.87. The third kappa shape index (κ3) is 6.50. The second kappa shape index (κ2) is 9.12. The summed E-state index contributed by atoms with van der Waals surface area (Å²) >= 11 is 0. The number of para-hydroxylation sites is 1. The summed E-state index contributed by atoms with van der Waals surface area (Å²) in [7, 11) is 0. The second-order valence-corrected chi connectivity index (χ2v) is 7.15. The Bertz CT molecular complexity index is 826. The van der Waals surface area contributed by atoms with Crippen molar-refractivity contribution < 1.29 is 23.8 Å². The number of benzene rings is 2. The highest BCUT2D eigenvalue weighted by Gasteiger charge is 2.21. The summed E-state index contributed by atoms with van der Waals surface area (Å²) in [5.41, 5.74) is 5.90. The Hall–Kier alpha value is -3.22. The molecule has 0 unspecified atom stereocenters. The van der Waals surface area contributed by atoms with Gasteiger partial charge in [-0.3, -0.25) is 10.1 Å². The molecule has 150 valence electrons. The van der Waals surface area contributed by atoms with Crippen LogP contribution in [0.2, 0.25) is 0 Å². The molecule has 28 heavy (non-hydrogen) atoms. The highest BCUT2D eigenvalue weighted by Crippen LogP contribution is 2.38. The first-order chi connectivity index (χ1) is 13.2. The third-order valence-electron chi connectivity index (χ3n) is 3.39. The Balaban J connectivity index is 2.33. The zero-order valence-electron chi connectivity index (χ0n) is 16.6.